The number of rotatable bonds is 4. The molecule has 0 bridgehead atoms. The molecule has 64 heavy (non-hydrogen) atoms. The molecule has 10 aromatic carbocycles. The molecule has 3 heterocycles. The first-order chi connectivity index (χ1) is 31.4. The van der Waals surface area contributed by atoms with Crippen molar-refractivity contribution in [1.29, 1.82) is 0 Å². The number of aromatic amines is 3. The molecule has 0 radical (unpaired) electrons. The molecule has 304 valence electrons. The summed E-state index contributed by atoms with van der Waals surface area (Å²) >= 11 is 0. The monoisotopic (exact) mass is 819 g/mol. The largest absolute Gasteiger partial charge is 0.354 e. The summed E-state index contributed by atoms with van der Waals surface area (Å²) < 4.78 is 0. The molecule has 3 aromatic heterocycles. The van der Waals surface area contributed by atoms with Crippen molar-refractivity contribution in [2.45, 2.75) is 34.6 Å². The van der Waals surface area contributed by atoms with Crippen molar-refractivity contribution in [1.82, 2.24) is 15.0 Å². The average Bonchev–Trinajstić information content (AvgIpc) is 4.01. The molecule has 0 saturated carbocycles. The number of fused-ring (bicyclic) bond motifs is 21. The van der Waals surface area contributed by atoms with Gasteiger partial charge >= 0.3 is 0 Å². The number of hydrogen-bond donors (Lipinski definition) is 3. The van der Waals surface area contributed by atoms with Gasteiger partial charge in [-0.05, 0) is 169 Å². The first kappa shape index (κ1) is 36.7. The Kier molecular flexibility index (Phi) is 7.64. The lowest BCUT2D eigenvalue weighted by atomic mass is 9.90. The normalized spacial score (nSPS) is 13.0. The van der Waals surface area contributed by atoms with Crippen molar-refractivity contribution in [2.75, 3.05) is 0 Å². The van der Waals surface area contributed by atoms with E-state index in [1.165, 1.54) is 125 Å². The zero-order valence-electron chi connectivity index (χ0n) is 36.6. The van der Waals surface area contributed by atoms with E-state index in [-0.39, 0.29) is 0 Å². The maximum absolute atomic E-state index is 4.39. The van der Waals surface area contributed by atoms with E-state index in [1.54, 1.807) is 0 Å². The molecule has 0 aliphatic rings. The Labute approximate surface area is 369 Å². The van der Waals surface area contributed by atoms with E-state index in [4.69, 9.17) is 0 Å². The fraction of sp³-hybridized carbons (Fsp3) is 0.0820. The van der Waals surface area contributed by atoms with Crippen LogP contribution in [0, 0.1) is 13.8 Å². The quantitative estimate of drug-likeness (QED) is 0.148. The van der Waals surface area contributed by atoms with Gasteiger partial charge in [0, 0.05) is 48.9 Å². The molecule has 13 aromatic rings. The Bertz CT molecular complexity index is 4360. The smallest absolute Gasteiger partial charge is 0.0588 e. The summed E-state index contributed by atoms with van der Waals surface area (Å²) in [4.78, 5) is 12.3. The third-order valence-electron chi connectivity index (χ3n) is 14.5. The summed E-state index contributed by atoms with van der Waals surface area (Å²) in [5.74, 6) is 0. The zero-order valence-corrected chi connectivity index (χ0v) is 36.6. The zero-order chi connectivity index (χ0) is 43.1. The third-order valence-corrected chi connectivity index (χ3v) is 14.5. The number of aromatic nitrogens is 3. The highest BCUT2D eigenvalue weighted by molar-refractivity contribution is 6.41. The maximum atomic E-state index is 4.39. The van der Waals surface area contributed by atoms with E-state index in [1.807, 2.05) is 6.08 Å². The maximum Gasteiger partial charge on any atom is 0.0588 e. The highest BCUT2D eigenvalue weighted by Crippen LogP contribution is 2.49. The number of nitrogens with one attached hydrogen (secondary N) is 3. The van der Waals surface area contributed by atoms with Crippen LogP contribution in [0.3, 0.4) is 0 Å². The van der Waals surface area contributed by atoms with E-state index in [0.717, 1.165) is 38.7 Å². The molecule has 0 aliphatic carbocycles. The van der Waals surface area contributed by atoms with Gasteiger partial charge in [0.15, 0.2) is 0 Å². The Balaban J connectivity index is 1.28. The van der Waals surface area contributed by atoms with Crippen molar-refractivity contribution in [3.05, 3.63) is 167 Å². The summed E-state index contributed by atoms with van der Waals surface area (Å²) in [7, 11) is 0. The van der Waals surface area contributed by atoms with Crippen LogP contribution in [-0.2, 0) is 0 Å². The van der Waals surface area contributed by atoms with Crippen LogP contribution in [0.2, 0.25) is 0 Å². The molecule has 0 fully saturated rings. The van der Waals surface area contributed by atoms with Gasteiger partial charge in [-0.15, -0.1) is 0 Å². The van der Waals surface area contributed by atoms with Crippen molar-refractivity contribution < 1.29 is 0 Å². The van der Waals surface area contributed by atoms with Gasteiger partial charge in [-0.25, -0.2) is 0 Å². The molecule has 0 amide bonds. The first-order valence-corrected chi connectivity index (χ1v) is 22.5. The fourth-order valence-corrected chi connectivity index (χ4v) is 11.8. The summed E-state index contributed by atoms with van der Waals surface area (Å²) in [6, 6.07) is 41.1. The predicted molar refractivity (Wildman–Crippen MR) is 283 cm³/mol. The average molecular weight is 820 g/mol. The highest BCUT2D eigenvalue weighted by atomic mass is 14.8. The number of allylic oxidation sites excluding steroid dienone is 3. The van der Waals surface area contributed by atoms with E-state index in [0.29, 0.717) is 0 Å². The predicted octanol–water partition coefficient (Wildman–Crippen LogP) is 17.9. The van der Waals surface area contributed by atoms with E-state index in [9.17, 15) is 0 Å². The molecule has 0 atom stereocenters. The minimum absolute atomic E-state index is 1.11. The molecule has 0 saturated heterocycles. The minimum Gasteiger partial charge on any atom is -0.354 e. The summed E-state index contributed by atoms with van der Waals surface area (Å²) in [5.41, 5.74) is 14.3. The van der Waals surface area contributed by atoms with Crippen LogP contribution in [0.5, 0.6) is 0 Å². The van der Waals surface area contributed by atoms with Crippen molar-refractivity contribution >= 4 is 154 Å². The molecular weight excluding hydrogens is 775 g/mol. The molecule has 3 nitrogen and oxygen atoms in total. The number of benzene rings is 10. The molecule has 13 rings (SSSR count). The van der Waals surface area contributed by atoms with Crippen LogP contribution in [-0.4, -0.2) is 15.0 Å². The van der Waals surface area contributed by atoms with Crippen molar-refractivity contribution in [2.24, 2.45) is 0 Å². The Morgan fingerprint density at radius 2 is 0.688 bits per heavy atom. The molecular formula is C61H45N3. The van der Waals surface area contributed by atoms with Gasteiger partial charge in [-0.2, -0.15) is 0 Å². The SMILES string of the molecule is C=Cc1c(/C=C\C)c2ccccc2c2cc3[nH]c4c(c3cc12)c1[nH]c2cc3c(cc2c1c1[nH]c2cc5c(cc2c14)c(/C=C\C)c(C)c1ccccc15)c(C)c(/C=C\C)c1ccccc13. The van der Waals surface area contributed by atoms with Crippen LogP contribution in [0.1, 0.15) is 54.2 Å². The summed E-state index contributed by atoms with van der Waals surface area (Å²) in [6.45, 7) is 15.3. The van der Waals surface area contributed by atoms with Gasteiger partial charge < -0.3 is 15.0 Å². The second-order valence-electron chi connectivity index (χ2n) is 17.7. The van der Waals surface area contributed by atoms with Gasteiger partial charge in [0.25, 0.3) is 0 Å². The number of H-pyrrole nitrogens is 3. The van der Waals surface area contributed by atoms with E-state index >= 15 is 0 Å². The van der Waals surface area contributed by atoms with Crippen LogP contribution in [0.4, 0.5) is 0 Å². The molecule has 3 N–H and O–H groups in total. The van der Waals surface area contributed by atoms with Crippen LogP contribution < -0.4 is 0 Å². The summed E-state index contributed by atoms with van der Waals surface area (Å²) in [6.07, 6.45) is 15.3. The molecule has 0 aliphatic heterocycles. The lowest BCUT2D eigenvalue weighted by molar-refractivity contribution is 1.52. The van der Waals surface area contributed by atoms with Gasteiger partial charge in [-0.3, -0.25) is 0 Å². The number of aryl methyl sites for hydroxylation is 2. The Morgan fingerprint density at radius 3 is 1.16 bits per heavy atom. The van der Waals surface area contributed by atoms with Crippen molar-refractivity contribution in [3.63, 3.8) is 0 Å². The van der Waals surface area contributed by atoms with Gasteiger partial charge in [-0.1, -0.05) is 122 Å². The molecule has 0 unspecified atom stereocenters. The molecule has 0 spiro atoms. The van der Waals surface area contributed by atoms with E-state index in [2.05, 4.69) is 202 Å². The summed E-state index contributed by atoms with van der Waals surface area (Å²) in [5, 5.41) is 22.3. The number of hydrogen-bond acceptors (Lipinski definition) is 0. The Hall–Kier alpha value is -7.88. The molecule has 3 heteroatoms. The van der Waals surface area contributed by atoms with Crippen LogP contribution in [0.25, 0.3) is 154 Å². The second-order valence-corrected chi connectivity index (χ2v) is 17.7. The fourth-order valence-electron chi connectivity index (χ4n) is 11.8. The van der Waals surface area contributed by atoms with Crippen molar-refractivity contribution in [3.8, 4) is 0 Å². The first-order valence-electron chi connectivity index (χ1n) is 22.5. The lowest BCUT2D eigenvalue weighted by Crippen LogP contribution is -1.89. The highest BCUT2D eigenvalue weighted by Gasteiger charge is 2.24. The van der Waals surface area contributed by atoms with Gasteiger partial charge in [0.2, 0.25) is 0 Å². The standard InChI is InChI=1S/C61H45N3/c1-7-17-35-33(6)44-26-50-53(29-47(44)42-24-15-13-21-39(35)42)62-59-56(50)60-58(52-28-46-36(18-8-2)32(5)37-20-11-12-22-40(37)48(46)30-54(52)63-60)61-57(59)51-27-45-34(10-4)38(19-9-3)41-23-14-16-25-43(41)49(45)31-55(51)64-61/h7-31,62-64H,4H2,1-3,5-6H3/b17-7-,18-8-,19-9-. The Morgan fingerprint density at radius 1 is 0.344 bits per heavy atom. The van der Waals surface area contributed by atoms with Gasteiger partial charge in [0.1, 0.15) is 0 Å². The van der Waals surface area contributed by atoms with Crippen LogP contribution in [0.15, 0.2) is 134 Å². The lowest BCUT2D eigenvalue weighted by Gasteiger charge is -2.13. The van der Waals surface area contributed by atoms with Crippen LogP contribution >= 0.6 is 0 Å². The topological polar surface area (TPSA) is 47.4 Å². The second kappa shape index (κ2) is 13.3. The third kappa shape index (κ3) is 4.71. The van der Waals surface area contributed by atoms with E-state index < -0.39 is 0 Å². The van der Waals surface area contributed by atoms with Gasteiger partial charge in [0.05, 0.1) is 16.6 Å². The minimum atomic E-state index is 1.11.